The zero-order valence-corrected chi connectivity index (χ0v) is 12.3. The molecule has 0 saturated carbocycles. The minimum Gasteiger partial charge on any atom is -0.508 e. The molecule has 0 aliphatic heterocycles. The second-order valence-corrected chi connectivity index (χ2v) is 4.69. The fraction of sp³-hybridized carbons (Fsp3) is 0.0588. The van der Waals surface area contributed by atoms with Crippen LogP contribution in [-0.4, -0.2) is 24.0 Å². The van der Waals surface area contributed by atoms with E-state index in [-0.39, 0.29) is 11.3 Å². The molecule has 0 aliphatic rings. The minimum atomic E-state index is -0.669. The molecular formula is C17H15FN2O3. The van der Waals surface area contributed by atoms with Gasteiger partial charge in [0, 0.05) is 18.8 Å². The van der Waals surface area contributed by atoms with Crippen molar-refractivity contribution < 1.29 is 19.1 Å². The summed E-state index contributed by atoms with van der Waals surface area (Å²) in [6.07, 6.45) is 2.80. The monoisotopic (exact) mass is 314 g/mol. The van der Waals surface area contributed by atoms with Gasteiger partial charge in [-0.3, -0.25) is 9.59 Å². The summed E-state index contributed by atoms with van der Waals surface area (Å²) in [4.78, 5) is 23.4. The van der Waals surface area contributed by atoms with Crippen LogP contribution in [0.15, 0.2) is 48.5 Å². The normalized spacial score (nSPS) is 10.5. The lowest BCUT2D eigenvalue weighted by Gasteiger charge is -2.06. The molecule has 0 bridgehead atoms. The number of amides is 2. The van der Waals surface area contributed by atoms with Gasteiger partial charge >= 0.3 is 0 Å². The fourth-order valence-electron chi connectivity index (χ4n) is 1.90. The second kappa shape index (κ2) is 7.22. The van der Waals surface area contributed by atoms with Crippen molar-refractivity contribution in [3.63, 3.8) is 0 Å². The molecule has 0 radical (unpaired) electrons. The van der Waals surface area contributed by atoms with Gasteiger partial charge in [0.2, 0.25) is 5.91 Å². The molecule has 0 heterocycles. The topological polar surface area (TPSA) is 78.4 Å². The number of hydrogen-bond acceptors (Lipinski definition) is 3. The highest BCUT2D eigenvalue weighted by atomic mass is 19.1. The van der Waals surface area contributed by atoms with Crippen LogP contribution in [0.3, 0.4) is 0 Å². The molecule has 0 unspecified atom stereocenters. The van der Waals surface area contributed by atoms with E-state index in [0.717, 1.165) is 6.07 Å². The van der Waals surface area contributed by atoms with Crippen LogP contribution in [0.1, 0.15) is 15.9 Å². The first kappa shape index (κ1) is 16.2. The van der Waals surface area contributed by atoms with Gasteiger partial charge < -0.3 is 15.7 Å². The van der Waals surface area contributed by atoms with Crippen molar-refractivity contribution >= 4 is 23.6 Å². The number of halogens is 1. The molecule has 0 fully saturated rings. The van der Waals surface area contributed by atoms with Crippen LogP contribution in [-0.2, 0) is 4.79 Å². The maximum Gasteiger partial charge on any atom is 0.254 e. The number of carbonyl (C=O) groups excluding carboxylic acids is 2. The molecule has 5 nitrogen and oxygen atoms in total. The number of hydrogen-bond donors (Lipinski definition) is 3. The summed E-state index contributed by atoms with van der Waals surface area (Å²) in [7, 11) is 1.39. The fourth-order valence-corrected chi connectivity index (χ4v) is 1.90. The predicted molar refractivity (Wildman–Crippen MR) is 85.6 cm³/mol. The van der Waals surface area contributed by atoms with Crippen LogP contribution in [0.4, 0.5) is 10.1 Å². The highest BCUT2D eigenvalue weighted by molar-refractivity contribution is 6.03. The van der Waals surface area contributed by atoms with Crippen molar-refractivity contribution in [1.82, 2.24) is 5.32 Å². The smallest absolute Gasteiger partial charge is 0.254 e. The molecule has 0 aliphatic carbocycles. The van der Waals surface area contributed by atoms with Gasteiger partial charge in [-0.05, 0) is 42.0 Å². The van der Waals surface area contributed by atoms with Gasteiger partial charge in [-0.1, -0.05) is 12.1 Å². The van der Waals surface area contributed by atoms with E-state index in [1.165, 1.54) is 43.5 Å². The molecule has 0 aromatic heterocycles. The highest BCUT2D eigenvalue weighted by Crippen LogP contribution is 2.15. The SMILES string of the molecule is CNC(=O)c1cc(NC(=O)C=Cc2cccc(O)c2)ccc1F. The number of carbonyl (C=O) groups is 2. The number of aromatic hydroxyl groups is 1. The lowest BCUT2D eigenvalue weighted by atomic mass is 10.1. The molecule has 2 amide bonds. The van der Waals surface area contributed by atoms with E-state index in [9.17, 15) is 19.1 Å². The Morgan fingerprint density at radius 3 is 2.65 bits per heavy atom. The molecular weight excluding hydrogens is 299 g/mol. The summed E-state index contributed by atoms with van der Waals surface area (Å²) in [5, 5.41) is 14.2. The van der Waals surface area contributed by atoms with Gasteiger partial charge in [0.25, 0.3) is 5.91 Å². The molecule has 6 heteroatoms. The van der Waals surface area contributed by atoms with Crippen molar-refractivity contribution in [3.8, 4) is 5.75 Å². The van der Waals surface area contributed by atoms with Crippen molar-refractivity contribution in [2.75, 3.05) is 12.4 Å². The molecule has 2 rings (SSSR count). The number of anilines is 1. The molecule has 23 heavy (non-hydrogen) atoms. The highest BCUT2D eigenvalue weighted by Gasteiger charge is 2.11. The molecule has 118 valence electrons. The first-order valence-corrected chi connectivity index (χ1v) is 6.79. The van der Waals surface area contributed by atoms with Crippen LogP contribution in [0, 0.1) is 5.82 Å². The molecule has 2 aromatic rings. The number of nitrogens with one attached hydrogen (secondary N) is 2. The average molecular weight is 314 g/mol. The second-order valence-electron chi connectivity index (χ2n) is 4.69. The third-order valence-electron chi connectivity index (χ3n) is 3.00. The van der Waals surface area contributed by atoms with Crippen molar-refractivity contribution in [3.05, 3.63) is 65.5 Å². The van der Waals surface area contributed by atoms with Gasteiger partial charge in [-0.2, -0.15) is 0 Å². The minimum absolute atomic E-state index is 0.0984. The quantitative estimate of drug-likeness (QED) is 0.759. The summed E-state index contributed by atoms with van der Waals surface area (Å²) in [5.41, 5.74) is 0.808. The molecule has 3 N–H and O–H groups in total. The predicted octanol–water partition coefficient (Wildman–Crippen LogP) is 2.54. The summed E-state index contributed by atoms with van der Waals surface area (Å²) in [6, 6.07) is 10.1. The number of benzene rings is 2. The molecule has 0 saturated heterocycles. The van der Waals surface area contributed by atoms with Crippen LogP contribution >= 0.6 is 0 Å². The number of rotatable bonds is 4. The Hall–Kier alpha value is -3.15. The Bertz CT molecular complexity index is 772. The van der Waals surface area contributed by atoms with Crippen LogP contribution in [0.25, 0.3) is 6.08 Å². The Morgan fingerprint density at radius 2 is 1.96 bits per heavy atom. The summed E-state index contributed by atoms with van der Waals surface area (Å²) in [5.74, 6) is -1.59. The summed E-state index contributed by atoms with van der Waals surface area (Å²) >= 11 is 0. The van der Waals surface area contributed by atoms with Crippen molar-refractivity contribution in [2.45, 2.75) is 0 Å². The van der Waals surface area contributed by atoms with E-state index in [0.29, 0.717) is 11.3 Å². The van der Waals surface area contributed by atoms with Crippen LogP contribution < -0.4 is 10.6 Å². The van der Waals surface area contributed by atoms with Crippen LogP contribution in [0.5, 0.6) is 5.75 Å². The molecule has 0 atom stereocenters. The van der Waals surface area contributed by atoms with E-state index in [2.05, 4.69) is 10.6 Å². The molecule has 2 aromatic carbocycles. The number of phenolic OH excluding ortho intramolecular Hbond substituents is 1. The lowest BCUT2D eigenvalue weighted by Crippen LogP contribution is -2.19. The Labute approximate surface area is 132 Å². The summed E-state index contributed by atoms with van der Waals surface area (Å²) in [6.45, 7) is 0. The Balaban J connectivity index is 2.10. The van der Waals surface area contributed by atoms with Gasteiger partial charge in [0.1, 0.15) is 11.6 Å². The van der Waals surface area contributed by atoms with Crippen molar-refractivity contribution in [2.24, 2.45) is 0 Å². The van der Waals surface area contributed by atoms with E-state index >= 15 is 0 Å². The Kier molecular flexibility index (Phi) is 5.09. The third kappa shape index (κ3) is 4.41. The van der Waals surface area contributed by atoms with E-state index in [1.807, 2.05) is 0 Å². The van der Waals surface area contributed by atoms with Gasteiger partial charge in [0.05, 0.1) is 5.56 Å². The zero-order valence-electron chi connectivity index (χ0n) is 12.3. The van der Waals surface area contributed by atoms with Gasteiger partial charge in [0.15, 0.2) is 0 Å². The largest absolute Gasteiger partial charge is 0.508 e. The first-order chi connectivity index (χ1) is 11.0. The van der Waals surface area contributed by atoms with Gasteiger partial charge in [-0.15, -0.1) is 0 Å². The molecule has 0 spiro atoms. The lowest BCUT2D eigenvalue weighted by molar-refractivity contribution is -0.111. The van der Waals surface area contributed by atoms with E-state index < -0.39 is 17.6 Å². The van der Waals surface area contributed by atoms with E-state index in [1.54, 1.807) is 12.1 Å². The van der Waals surface area contributed by atoms with Crippen molar-refractivity contribution in [1.29, 1.82) is 0 Å². The van der Waals surface area contributed by atoms with Gasteiger partial charge in [-0.25, -0.2) is 4.39 Å². The zero-order chi connectivity index (χ0) is 16.8. The maximum absolute atomic E-state index is 13.5. The van der Waals surface area contributed by atoms with Crippen LogP contribution in [0.2, 0.25) is 0 Å². The Morgan fingerprint density at radius 1 is 1.17 bits per heavy atom. The standard InChI is InChI=1S/C17H15FN2O3/c1-19-17(23)14-10-12(6-7-15(14)18)20-16(22)8-5-11-3-2-4-13(21)9-11/h2-10,21H,1H3,(H,19,23)(H,20,22). The maximum atomic E-state index is 13.5. The summed E-state index contributed by atoms with van der Waals surface area (Å²) < 4.78 is 13.5. The third-order valence-corrected chi connectivity index (χ3v) is 3.00. The number of phenols is 1. The first-order valence-electron chi connectivity index (χ1n) is 6.79. The average Bonchev–Trinajstić information content (AvgIpc) is 2.54. The van der Waals surface area contributed by atoms with E-state index in [4.69, 9.17) is 0 Å².